The van der Waals surface area contributed by atoms with Crippen LogP contribution in [0.5, 0.6) is 0 Å². The second-order valence-electron chi connectivity index (χ2n) is 5.19. The quantitative estimate of drug-likeness (QED) is 0.872. The number of hydrogen-bond donors (Lipinski definition) is 2. The summed E-state index contributed by atoms with van der Waals surface area (Å²) in [6.45, 7) is 5.32. The molecule has 1 amide bonds. The van der Waals surface area contributed by atoms with Gasteiger partial charge in [-0.05, 0) is 26.3 Å². The van der Waals surface area contributed by atoms with E-state index in [0.29, 0.717) is 0 Å². The van der Waals surface area contributed by atoms with Crippen molar-refractivity contribution >= 4 is 6.09 Å². The Balaban J connectivity index is 2.83. The minimum atomic E-state index is -0.838. The first-order valence-electron chi connectivity index (χ1n) is 6.03. The molecule has 2 unspecified atom stereocenters. The van der Waals surface area contributed by atoms with Crippen LogP contribution in [0.25, 0.3) is 0 Å². The molecule has 5 nitrogen and oxygen atoms in total. The molecule has 5 heteroatoms. The molecule has 0 saturated carbocycles. The third-order valence-corrected chi connectivity index (χ3v) is 2.34. The van der Waals surface area contributed by atoms with Gasteiger partial charge < -0.3 is 15.8 Å². The largest absolute Gasteiger partial charge is 0.444 e. The van der Waals surface area contributed by atoms with Crippen LogP contribution in [0.1, 0.15) is 32.4 Å². The molecule has 1 rings (SSSR count). The highest BCUT2D eigenvalue weighted by atomic mass is 16.6. The average molecular weight is 261 g/mol. The van der Waals surface area contributed by atoms with Crippen molar-refractivity contribution < 1.29 is 9.53 Å². The molecular formula is C14H19N3O2. The highest BCUT2D eigenvalue weighted by Gasteiger charge is 2.24. The Morgan fingerprint density at radius 3 is 2.42 bits per heavy atom. The van der Waals surface area contributed by atoms with Crippen molar-refractivity contribution in [3.63, 3.8) is 0 Å². The normalized spacial score (nSPS) is 14.1. The Morgan fingerprint density at radius 2 is 1.95 bits per heavy atom. The second kappa shape index (κ2) is 6.21. The monoisotopic (exact) mass is 261 g/mol. The zero-order valence-corrected chi connectivity index (χ0v) is 11.4. The lowest BCUT2D eigenvalue weighted by atomic mass is 10.0. The number of carbonyl (C=O) groups is 1. The van der Waals surface area contributed by atoms with Gasteiger partial charge in [-0.2, -0.15) is 5.26 Å². The standard InChI is InChI=1S/C14H19N3O2/c1-14(2,3)19-13(18)17-12(11(16)9-15)10-7-5-4-6-8-10/h4-8,11-12H,16H2,1-3H3,(H,17,18). The summed E-state index contributed by atoms with van der Waals surface area (Å²) in [5.41, 5.74) is 5.90. The number of nitrogens with two attached hydrogens (primary N) is 1. The van der Waals surface area contributed by atoms with Gasteiger partial charge in [0.05, 0.1) is 12.1 Å². The molecule has 0 aliphatic carbocycles. The molecule has 0 aromatic heterocycles. The number of carbonyl (C=O) groups excluding carboxylic acids is 1. The van der Waals surface area contributed by atoms with E-state index in [2.05, 4.69) is 5.32 Å². The predicted molar refractivity (Wildman–Crippen MR) is 72.1 cm³/mol. The summed E-state index contributed by atoms with van der Waals surface area (Å²) in [7, 11) is 0. The van der Waals surface area contributed by atoms with E-state index in [1.165, 1.54) is 0 Å². The molecule has 0 saturated heterocycles. The number of ether oxygens (including phenoxy) is 1. The van der Waals surface area contributed by atoms with Gasteiger partial charge in [0.15, 0.2) is 0 Å². The van der Waals surface area contributed by atoms with E-state index in [4.69, 9.17) is 15.7 Å². The predicted octanol–water partition coefficient (Wildman–Crippen LogP) is 2.10. The summed E-state index contributed by atoms with van der Waals surface area (Å²) in [5.74, 6) is 0. The van der Waals surface area contributed by atoms with Crippen LogP contribution < -0.4 is 11.1 Å². The fraction of sp³-hybridized carbons (Fsp3) is 0.429. The number of amides is 1. The molecule has 0 heterocycles. The lowest BCUT2D eigenvalue weighted by molar-refractivity contribution is 0.0500. The number of alkyl carbamates (subject to hydrolysis) is 1. The molecule has 0 aliphatic heterocycles. The highest BCUT2D eigenvalue weighted by molar-refractivity contribution is 5.68. The third kappa shape index (κ3) is 4.98. The molecule has 0 aliphatic rings. The first-order chi connectivity index (χ1) is 8.83. The maximum Gasteiger partial charge on any atom is 0.408 e. The fourth-order valence-corrected chi connectivity index (χ4v) is 1.55. The molecule has 1 aromatic carbocycles. The van der Waals surface area contributed by atoms with E-state index in [9.17, 15) is 4.79 Å². The van der Waals surface area contributed by atoms with Gasteiger partial charge in [-0.25, -0.2) is 4.79 Å². The fourth-order valence-electron chi connectivity index (χ4n) is 1.55. The van der Waals surface area contributed by atoms with Gasteiger partial charge in [-0.3, -0.25) is 0 Å². The first-order valence-corrected chi connectivity index (χ1v) is 6.03. The van der Waals surface area contributed by atoms with Gasteiger partial charge in [-0.1, -0.05) is 30.3 Å². The van der Waals surface area contributed by atoms with Crippen LogP contribution in [0.4, 0.5) is 4.79 Å². The van der Waals surface area contributed by atoms with Crippen LogP contribution in [-0.2, 0) is 4.74 Å². The molecule has 3 N–H and O–H groups in total. The molecule has 0 bridgehead atoms. The van der Waals surface area contributed by atoms with E-state index in [-0.39, 0.29) is 0 Å². The first kappa shape index (κ1) is 15.0. The Hall–Kier alpha value is -2.06. The van der Waals surface area contributed by atoms with Crippen LogP contribution in [0.2, 0.25) is 0 Å². The van der Waals surface area contributed by atoms with Gasteiger partial charge >= 0.3 is 6.09 Å². The van der Waals surface area contributed by atoms with Crippen LogP contribution in [0, 0.1) is 11.3 Å². The molecule has 19 heavy (non-hydrogen) atoms. The van der Waals surface area contributed by atoms with Crippen molar-refractivity contribution in [2.45, 2.75) is 38.5 Å². The van der Waals surface area contributed by atoms with Crippen molar-refractivity contribution in [3.05, 3.63) is 35.9 Å². The second-order valence-corrected chi connectivity index (χ2v) is 5.19. The Kier molecular flexibility index (Phi) is 4.90. The zero-order chi connectivity index (χ0) is 14.5. The molecule has 1 aromatic rings. The summed E-state index contributed by atoms with van der Waals surface area (Å²) < 4.78 is 5.17. The molecule has 2 atom stereocenters. The van der Waals surface area contributed by atoms with E-state index >= 15 is 0 Å². The SMILES string of the molecule is CC(C)(C)OC(=O)NC(c1ccccc1)C(N)C#N. The maximum absolute atomic E-state index is 11.8. The minimum absolute atomic E-state index is 0.591. The average Bonchev–Trinajstić information content (AvgIpc) is 2.34. The Bertz CT molecular complexity index is 460. The van der Waals surface area contributed by atoms with E-state index in [1.807, 2.05) is 24.3 Å². The lowest BCUT2D eigenvalue weighted by Gasteiger charge is -2.25. The Morgan fingerprint density at radius 1 is 1.37 bits per heavy atom. The van der Waals surface area contributed by atoms with Crippen LogP contribution in [-0.4, -0.2) is 17.7 Å². The highest BCUT2D eigenvalue weighted by Crippen LogP contribution is 2.16. The van der Waals surface area contributed by atoms with E-state index in [1.54, 1.807) is 32.9 Å². The lowest BCUT2D eigenvalue weighted by Crippen LogP contribution is -2.42. The molecule has 0 fully saturated rings. The van der Waals surface area contributed by atoms with Crippen LogP contribution in [0.3, 0.4) is 0 Å². The number of benzene rings is 1. The smallest absolute Gasteiger partial charge is 0.408 e. The van der Waals surface area contributed by atoms with Crippen molar-refractivity contribution in [2.24, 2.45) is 5.73 Å². The zero-order valence-electron chi connectivity index (χ0n) is 11.4. The number of hydrogen-bond acceptors (Lipinski definition) is 4. The number of nitrogens with zero attached hydrogens (tertiary/aromatic N) is 1. The van der Waals surface area contributed by atoms with E-state index < -0.39 is 23.8 Å². The third-order valence-electron chi connectivity index (χ3n) is 2.34. The van der Waals surface area contributed by atoms with Crippen LogP contribution in [0.15, 0.2) is 30.3 Å². The maximum atomic E-state index is 11.8. The van der Waals surface area contributed by atoms with Gasteiger partial charge in [0.25, 0.3) is 0 Å². The van der Waals surface area contributed by atoms with Crippen molar-refractivity contribution in [1.82, 2.24) is 5.32 Å². The van der Waals surface area contributed by atoms with Crippen LogP contribution >= 0.6 is 0 Å². The molecule has 0 spiro atoms. The number of rotatable bonds is 3. The molecule has 102 valence electrons. The topological polar surface area (TPSA) is 88.1 Å². The van der Waals surface area contributed by atoms with Crippen molar-refractivity contribution in [2.75, 3.05) is 0 Å². The number of nitrogens with one attached hydrogen (secondary N) is 1. The molecule has 0 radical (unpaired) electrons. The minimum Gasteiger partial charge on any atom is -0.444 e. The summed E-state index contributed by atoms with van der Waals surface area (Å²) in [4.78, 5) is 11.8. The van der Waals surface area contributed by atoms with Gasteiger partial charge in [0.1, 0.15) is 11.6 Å². The summed E-state index contributed by atoms with van der Waals surface area (Å²) in [6, 6.07) is 9.61. The summed E-state index contributed by atoms with van der Waals surface area (Å²) in [6.07, 6.45) is -0.591. The van der Waals surface area contributed by atoms with Gasteiger partial charge in [0, 0.05) is 0 Å². The van der Waals surface area contributed by atoms with Crippen molar-refractivity contribution in [3.8, 4) is 6.07 Å². The molecular weight excluding hydrogens is 242 g/mol. The summed E-state index contributed by atoms with van der Waals surface area (Å²) in [5, 5.41) is 11.6. The summed E-state index contributed by atoms with van der Waals surface area (Å²) >= 11 is 0. The van der Waals surface area contributed by atoms with Crippen molar-refractivity contribution in [1.29, 1.82) is 5.26 Å². The number of nitriles is 1. The Labute approximate surface area is 113 Å². The van der Waals surface area contributed by atoms with Gasteiger partial charge in [0.2, 0.25) is 0 Å². The van der Waals surface area contributed by atoms with Gasteiger partial charge in [-0.15, -0.1) is 0 Å². The van der Waals surface area contributed by atoms with E-state index in [0.717, 1.165) is 5.56 Å².